The number of carbonyl (C=O) groups is 2. The first-order chi connectivity index (χ1) is 14.1. The predicted molar refractivity (Wildman–Crippen MR) is 121 cm³/mol. The molecule has 7 nitrogen and oxygen atoms in total. The van der Waals surface area contributed by atoms with Gasteiger partial charge in [0, 0.05) is 30.1 Å². The molecule has 9 heteroatoms. The van der Waals surface area contributed by atoms with Gasteiger partial charge in [0.2, 0.25) is 0 Å². The Labute approximate surface area is 190 Å². The van der Waals surface area contributed by atoms with E-state index in [4.69, 9.17) is 11.6 Å². The number of halogens is 2. The van der Waals surface area contributed by atoms with Gasteiger partial charge in [-0.25, -0.2) is 9.78 Å². The number of nitrogens with zero attached hydrogens (tertiary/aromatic N) is 3. The molecule has 0 spiro atoms. The number of carbonyl (C=O) groups excluding carboxylic acids is 1. The number of likely N-dealkylation sites (N-methyl/N-ethyl adjacent to an activating group) is 1. The second kappa shape index (κ2) is 11.0. The van der Waals surface area contributed by atoms with E-state index in [0.717, 1.165) is 11.8 Å². The lowest BCUT2D eigenvalue weighted by Gasteiger charge is -2.30. The number of aromatic carboxylic acids is 1. The number of hydrogen-bond donors (Lipinski definition) is 2. The Morgan fingerprint density at radius 1 is 1.33 bits per heavy atom. The predicted octanol–water partition coefficient (Wildman–Crippen LogP) is 4.17. The third-order valence-corrected chi connectivity index (χ3v) is 5.53. The summed E-state index contributed by atoms with van der Waals surface area (Å²) in [5.41, 5.74) is 1.41. The summed E-state index contributed by atoms with van der Waals surface area (Å²) in [5, 5.41) is 14.0. The van der Waals surface area contributed by atoms with Gasteiger partial charge in [0.25, 0.3) is 0 Å². The van der Waals surface area contributed by atoms with Crippen molar-refractivity contribution in [2.24, 2.45) is 0 Å². The normalized spacial score (nSPS) is 13.6. The average molecular weight is 500 g/mol. The molecule has 2 aromatic rings. The zero-order chi connectivity index (χ0) is 22.4. The SMILES string of the molecule is CC(C)n1c(Br)nc(C(=O)O)c1C(NC(CCC=O)CN(C)C)c1ccc(Cl)cc1. The fraction of sp³-hybridized carbons (Fsp3) is 0.476. The second-order valence-corrected chi connectivity index (χ2v) is 8.88. The van der Waals surface area contributed by atoms with Crippen molar-refractivity contribution in [3.8, 4) is 0 Å². The van der Waals surface area contributed by atoms with Gasteiger partial charge in [-0.05, 0) is 68.0 Å². The lowest BCUT2D eigenvalue weighted by Crippen LogP contribution is -2.41. The van der Waals surface area contributed by atoms with E-state index < -0.39 is 12.0 Å². The summed E-state index contributed by atoms with van der Waals surface area (Å²) in [5.74, 6) is -1.09. The van der Waals surface area contributed by atoms with E-state index in [0.29, 0.717) is 34.8 Å². The molecular formula is C21H28BrClN4O3. The van der Waals surface area contributed by atoms with Gasteiger partial charge in [0.05, 0.1) is 11.7 Å². The molecule has 2 unspecified atom stereocenters. The topological polar surface area (TPSA) is 87.5 Å². The average Bonchev–Trinajstić information content (AvgIpc) is 3.01. The summed E-state index contributed by atoms with van der Waals surface area (Å²) in [6.07, 6.45) is 1.95. The molecule has 0 saturated heterocycles. The molecule has 164 valence electrons. The van der Waals surface area contributed by atoms with Crippen molar-refractivity contribution in [3.63, 3.8) is 0 Å². The molecular weight excluding hydrogens is 472 g/mol. The van der Waals surface area contributed by atoms with E-state index in [2.05, 4.69) is 26.2 Å². The summed E-state index contributed by atoms with van der Waals surface area (Å²) in [7, 11) is 3.93. The minimum absolute atomic E-state index is 0.0120. The van der Waals surface area contributed by atoms with Crippen LogP contribution in [0.15, 0.2) is 29.0 Å². The van der Waals surface area contributed by atoms with Crippen molar-refractivity contribution >= 4 is 39.8 Å². The van der Waals surface area contributed by atoms with Crippen LogP contribution in [0.3, 0.4) is 0 Å². The smallest absolute Gasteiger partial charge is 0.356 e. The van der Waals surface area contributed by atoms with Crippen LogP contribution in [-0.2, 0) is 4.79 Å². The first kappa shape index (κ1) is 24.5. The van der Waals surface area contributed by atoms with Crippen molar-refractivity contribution in [2.45, 2.75) is 44.8 Å². The summed E-state index contributed by atoms with van der Waals surface area (Å²) in [4.78, 5) is 29.3. The maximum atomic E-state index is 12.0. The van der Waals surface area contributed by atoms with Crippen molar-refractivity contribution in [1.82, 2.24) is 19.8 Å². The number of aromatic nitrogens is 2. The summed E-state index contributed by atoms with van der Waals surface area (Å²) >= 11 is 9.51. The van der Waals surface area contributed by atoms with E-state index in [1.807, 2.05) is 49.5 Å². The summed E-state index contributed by atoms with van der Waals surface area (Å²) in [6, 6.07) is 6.81. The molecule has 0 bridgehead atoms. The van der Waals surface area contributed by atoms with E-state index in [-0.39, 0.29) is 17.8 Å². The zero-order valence-electron chi connectivity index (χ0n) is 17.6. The van der Waals surface area contributed by atoms with Crippen LogP contribution >= 0.6 is 27.5 Å². The molecule has 0 radical (unpaired) electrons. The number of rotatable bonds is 11. The molecule has 0 aliphatic rings. The van der Waals surface area contributed by atoms with Gasteiger partial charge in [0.1, 0.15) is 6.29 Å². The highest BCUT2D eigenvalue weighted by atomic mass is 79.9. The maximum Gasteiger partial charge on any atom is 0.356 e. The molecule has 0 aliphatic heterocycles. The Morgan fingerprint density at radius 2 is 1.97 bits per heavy atom. The first-order valence-corrected chi connectivity index (χ1v) is 10.9. The third kappa shape index (κ3) is 6.14. The van der Waals surface area contributed by atoms with Crippen molar-refractivity contribution in [2.75, 3.05) is 20.6 Å². The van der Waals surface area contributed by atoms with Gasteiger partial charge in [-0.15, -0.1) is 0 Å². The highest BCUT2D eigenvalue weighted by Gasteiger charge is 2.31. The number of nitrogens with one attached hydrogen (secondary N) is 1. The van der Waals surface area contributed by atoms with Crippen LogP contribution in [0.5, 0.6) is 0 Å². The Hall–Kier alpha value is -1.74. The Morgan fingerprint density at radius 3 is 2.47 bits per heavy atom. The van der Waals surface area contributed by atoms with Crippen LogP contribution in [0.2, 0.25) is 5.02 Å². The lowest BCUT2D eigenvalue weighted by atomic mass is 9.99. The fourth-order valence-corrected chi connectivity index (χ4v) is 4.41. The first-order valence-electron chi connectivity index (χ1n) is 9.76. The van der Waals surface area contributed by atoms with Crippen molar-refractivity contribution in [1.29, 1.82) is 0 Å². The molecule has 1 heterocycles. The van der Waals surface area contributed by atoms with Gasteiger partial charge >= 0.3 is 5.97 Å². The number of imidazole rings is 1. The number of carboxylic acid groups (broad SMARTS) is 1. The van der Waals surface area contributed by atoms with Gasteiger partial charge in [-0.2, -0.15) is 0 Å². The molecule has 0 aliphatic carbocycles. The van der Waals surface area contributed by atoms with Gasteiger partial charge < -0.3 is 24.7 Å². The summed E-state index contributed by atoms with van der Waals surface area (Å²) < 4.78 is 2.34. The molecule has 0 fully saturated rings. The molecule has 2 rings (SSSR count). The molecule has 2 N–H and O–H groups in total. The number of carboxylic acids is 1. The van der Waals surface area contributed by atoms with Crippen LogP contribution in [-0.4, -0.2) is 58.5 Å². The number of hydrogen-bond acceptors (Lipinski definition) is 5. The maximum absolute atomic E-state index is 12.0. The zero-order valence-corrected chi connectivity index (χ0v) is 19.9. The minimum Gasteiger partial charge on any atom is -0.476 e. The highest BCUT2D eigenvalue weighted by Crippen LogP contribution is 2.32. The molecule has 0 saturated carbocycles. The standard InChI is InChI=1S/C21H28BrClN4O3/c1-13(2)27-19(18(20(29)30)25-21(27)22)17(14-7-9-15(23)10-8-14)24-16(6-5-11-28)12-26(3)4/h7-11,13,16-17,24H,5-6,12H2,1-4H3,(H,29,30). The number of benzene rings is 1. The Bertz CT molecular complexity index is 868. The Kier molecular flexibility index (Phi) is 9.03. The Balaban J connectivity index is 2.63. The number of aldehydes is 1. The van der Waals surface area contributed by atoms with Crippen LogP contribution in [0.25, 0.3) is 0 Å². The molecule has 1 aromatic heterocycles. The van der Waals surface area contributed by atoms with Crippen molar-refractivity contribution < 1.29 is 14.7 Å². The fourth-order valence-electron chi connectivity index (χ4n) is 3.50. The minimum atomic E-state index is -1.09. The summed E-state index contributed by atoms with van der Waals surface area (Å²) in [6.45, 7) is 4.64. The van der Waals surface area contributed by atoms with Crippen molar-refractivity contribution in [3.05, 3.63) is 51.0 Å². The van der Waals surface area contributed by atoms with Gasteiger partial charge in [0.15, 0.2) is 10.4 Å². The lowest BCUT2D eigenvalue weighted by molar-refractivity contribution is -0.108. The highest BCUT2D eigenvalue weighted by molar-refractivity contribution is 9.10. The molecule has 0 amide bonds. The van der Waals surface area contributed by atoms with E-state index in [1.165, 1.54) is 0 Å². The van der Waals surface area contributed by atoms with Crippen LogP contribution in [0, 0.1) is 0 Å². The van der Waals surface area contributed by atoms with Gasteiger partial charge in [-0.3, -0.25) is 0 Å². The monoisotopic (exact) mass is 498 g/mol. The largest absolute Gasteiger partial charge is 0.476 e. The molecule has 30 heavy (non-hydrogen) atoms. The quantitative estimate of drug-likeness (QED) is 0.451. The van der Waals surface area contributed by atoms with E-state index >= 15 is 0 Å². The van der Waals surface area contributed by atoms with Gasteiger partial charge in [-0.1, -0.05) is 23.7 Å². The van der Waals surface area contributed by atoms with Crippen LogP contribution < -0.4 is 5.32 Å². The van der Waals surface area contributed by atoms with E-state index in [1.54, 1.807) is 12.1 Å². The van der Waals surface area contributed by atoms with Crippen LogP contribution in [0.1, 0.15) is 60.5 Å². The van der Waals surface area contributed by atoms with Crippen LogP contribution in [0.4, 0.5) is 0 Å². The molecule has 1 aromatic carbocycles. The van der Waals surface area contributed by atoms with E-state index in [9.17, 15) is 14.7 Å². The second-order valence-electron chi connectivity index (χ2n) is 7.74. The third-order valence-electron chi connectivity index (χ3n) is 4.72. The molecule has 2 atom stereocenters.